The van der Waals surface area contributed by atoms with Gasteiger partial charge in [0.05, 0.1) is 0 Å². The molecule has 1 saturated carbocycles. The van der Waals surface area contributed by atoms with E-state index >= 15 is 0 Å². The van der Waals surface area contributed by atoms with Crippen LogP contribution >= 0.6 is 12.4 Å². The molecule has 0 bridgehead atoms. The van der Waals surface area contributed by atoms with E-state index in [4.69, 9.17) is 0 Å². The Bertz CT molecular complexity index is 202. The second-order valence-electron chi connectivity index (χ2n) is 7.21. The topological polar surface area (TPSA) is 0 Å². The monoisotopic (exact) mass is 316 g/mol. The highest BCUT2D eigenvalue weighted by Crippen LogP contribution is 2.38. The third-order valence-electron chi connectivity index (χ3n) is 5.42. The highest BCUT2D eigenvalue weighted by Gasteiger charge is 2.25. The lowest BCUT2D eigenvalue weighted by Gasteiger charge is -2.19. The van der Waals surface area contributed by atoms with Gasteiger partial charge in [0.1, 0.15) is 0 Å². The van der Waals surface area contributed by atoms with Gasteiger partial charge in [-0.15, -0.1) is 12.4 Å². The molecule has 0 radical (unpaired) electrons. The SMILES string of the molecule is CCCCCCCC[C@H]1CCC[C@@H]1CCCCCCC.Cl. The average molecular weight is 317 g/mol. The van der Waals surface area contributed by atoms with Crippen LogP contribution < -0.4 is 0 Å². The molecule has 1 heteroatoms. The smallest absolute Gasteiger partial charge is 0.0386 e. The normalized spacial score (nSPS) is 21.4. The van der Waals surface area contributed by atoms with E-state index in [2.05, 4.69) is 13.8 Å². The molecule has 0 aromatic heterocycles. The Balaban J connectivity index is 0.00000400. The maximum Gasteiger partial charge on any atom is -0.0386 e. The van der Waals surface area contributed by atoms with Crippen molar-refractivity contribution in [3.63, 3.8) is 0 Å². The minimum Gasteiger partial charge on any atom is -0.147 e. The maximum absolute atomic E-state index is 2.31. The minimum atomic E-state index is 0. The zero-order chi connectivity index (χ0) is 14.5. The molecule has 2 atom stereocenters. The Hall–Kier alpha value is 0.290. The highest BCUT2D eigenvalue weighted by molar-refractivity contribution is 5.85. The number of hydrogen-bond acceptors (Lipinski definition) is 0. The summed E-state index contributed by atoms with van der Waals surface area (Å²) >= 11 is 0. The van der Waals surface area contributed by atoms with Crippen LogP contribution in [-0.4, -0.2) is 0 Å². The molecule has 0 spiro atoms. The van der Waals surface area contributed by atoms with E-state index < -0.39 is 0 Å². The molecule has 1 aliphatic carbocycles. The van der Waals surface area contributed by atoms with Crippen LogP contribution in [0.3, 0.4) is 0 Å². The summed E-state index contributed by atoms with van der Waals surface area (Å²) < 4.78 is 0. The minimum absolute atomic E-state index is 0. The van der Waals surface area contributed by atoms with Gasteiger partial charge in [0, 0.05) is 0 Å². The van der Waals surface area contributed by atoms with E-state index in [1.54, 1.807) is 25.7 Å². The van der Waals surface area contributed by atoms with Gasteiger partial charge in [-0.25, -0.2) is 0 Å². The summed E-state index contributed by atoms with van der Waals surface area (Å²) in [5.41, 5.74) is 0. The van der Waals surface area contributed by atoms with Crippen LogP contribution in [0.5, 0.6) is 0 Å². The van der Waals surface area contributed by atoms with Gasteiger partial charge in [-0.1, -0.05) is 117 Å². The van der Waals surface area contributed by atoms with E-state index in [-0.39, 0.29) is 12.4 Å². The zero-order valence-corrected chi connectivity index (χ0v) is 15.7. The van der Waals surface area contributed by atoms with Gasteiger partial charge in [-0.05, 0) is 11.8 Å². The van der Waals surface area contributed by atoms with Gasteiger partial charge >= 0.3 is 0 Å². The average Bonchev–Trinajstić information content (AvgIpc) is 2.90. The van der Waals surface area contributed by atoms with Crippen molar-refractivity contribution in [3.8, 4) is 0 Å². The Morgan fingerprint density at radius 1 is 0.571 bits per heavy atom. The summed E-state index contributed by atoms with van der Waals surface area (Å²) in [7, 11) is 0. The first-order chi connectivity index (χ1) is 9.88. The first kappa shape index (κ1) is 21.3. The quantitative estimate of drug-likeness (QED) is 0.302. The third kappa shape index (κ3) is 10.6. The molecule has 0 aliphatic heterocycles. The van der Waals surface area contributed by atoms with Crippen molar-refractivity contribution < 1.29 is 0 Å². The van der Waals surface area contributed by atoms with Gasteiger partial charge in [0.15, 0.2) is 0 Å². The number of halogens is 1. The molecule has 1 rings (SSSR count). The predicted octanol–water partition coefficient (Wildman–Crippen LogP) is 7.94. The molecule has 0 unspecified atom stereocenters. The molecule has 21 heavy (non-hydrogen) atoms. The van der Waals surface area contributed by atoms with Crippen molar-refractivity contribution in [2.45, 2.75) is 117 Å². The standard InChI is InChI=1S/C20H40.ClH/c1-3-5-7-9-11-13-16-20-18-14-17-19(20)15-12-10-8-6-4-2;/h19-20H,3-18H2,1-2H3;1H/t19-,20-;/m0./s1. The van der Waals surface area contributed by atoms with Crippen LogP contribution in [0.4, 0.5) is 0 Å². The Morgan fingerprint density at radius 2 is 0.952 bits per heavy atom. The van der Waals surface area contributed by atoms with Gasteiger partial charge in [-0.3, -0.25) is 0 Å². The molecule has 0 nitrogen and oxygen atoms in total. The van der Waals surface area contributed by atoms with Gasteiger partial charge in [0.25, 0.3) is 0 Å². The maximum atomic E-state index is 2.31. The lowest BCUT2D eigenvalue weighted by molar-refractivity contribution is 0.322. The zero-order valence-electron chi connectivity index (χ0n) is 14.9. The van der Waals surface area contributed by atoms with Crippen LogP contribution in [0.1, 0.15) is 117 Å². The van der Waals surface area contributed by atoms with Crippen molar-refractivity contribution in [2.24, 2.45) is 11.8 Å². The number of rotatable bonds is 13. The molecule has 0 heterocycles. The summed E-state index contributed by atoms with van der Waals surface area (Å²) in [6.07, 6.45) is 23.8. The van der Waals surface area contributed by atoms with Gasteiger partial charge < -0.3 is 0 Å². The van der Waals surface area contributed by atoms with Gasteiger partial charge in [0.2, 0.25) is 0 Å². The fourth-order valence-electron chi connectivity index (χ4n) is 4.07. The lowest BCUT2D eigenvalue weighted by atomic mass is 9.86. The molecular formula is C20H41Cl. The first-order valence-corrected chi connectivity index (χ1v) is 9.88. The van der Waals surface area contributed by atoms with E-state index in [1.807, 2.05) is 0 Å². The van der Waals surface area contributed by atoms with E-state index in [0.29, 0.717) is 0 Å². The van der Waals surface area contributed by atoms with Crippen LogP contribution in [0, 0.1) is 11.8 Å². The van der Waals surface area contributed by atoms with E-state index in [0.717, 1.165) is 11.8 Å². The van der Waals surface area contributed by atoms with Crippen molar-refractivity contribution in [1.29, 1.82) is 0 Å². The Labute approximate surface area is 141 Å². The summed E-state index contributed by atoms with van der Waals surface area (Å²) in [6.45, 7) is 4.62. The first-order valence-electron chi connectivity index (χ1n) is 9.88. The predicted molar refractivity (Wildman–Crippen MR) is 99.4 cm³/mol. The van der Waals surface area contributed by atoms with Crippen molar-refractivity contribution in [2.75, 3.05) is 0 Å². The van der Waals surface area contributed by atoms with Crippen molar-refractivity contribution in [3.05, 3.63) is 0 Å². The molecule has 0 aromatic rings. The third-order valence-corrected chi connectivity index (χ3v) is 5.42. The molecule has 1 fully saturated rings. The fourth-order valence-corrected chi connectivity index (χ4v) is 4.07. The largest absolute Gasteiger partial charge is 0.147 e. The summed E-state index contributed by atoms with van der Waals surface area (Å²) in [6, 6.07) is 0. The molecule has 0 N–H and O–H groups in total. The highest BCUT2D eigenvalue weighted by atomic mass is 35.5. The molecule has 0 saturated heterocycles. The van der Waals surface area contributed by atoms with Crippen LogP contribution in [0.15, 0.2) is 0 Å². The lowest BCUT2D eigenvalue weighted by Crippen LogP contribution is -2.08. The van der Waals surface area contributed by atoms with Crippen LogP contribution in [0.25, 0.3) is 0 Å². The van der Waals surface area contributed by atoms with E-state index in [9.17, 15) is 0 Å². The molecular weight excluding hydrogens is 276 g/mol. The molecule has 0 aromatic carbocycles. The van der Waals surface area contributed by atoms with E-state index in [1.165, 1.54) is 77.0 Å². The summed E-state index contributed by atoms with van der Waals surface area (Å²) in [4.78, 5) is 0. The Kier molecular flexibility index (Phi) is 15.4. The summed E-state index contributed by atoms with van der Waals surface area (Å²) in [5.74, 6) is 2.21. The van der Waals surface area contributed by atoms with Crippen molar-refractivity contribution in [1.82, 2.24) is 0 Å². The van der Waals surface area contributed by atoms with Gasteiger partial charge in [-0.2, -0.15) is 0 Å². The van der Waals surface area contributed by atoms with Crippen LogP contribution in [0.2, 0.25) is 0 Å². The fraction of sp³-hybridized carbons (Fsp3) is 1.00. The number of unbranched alkanes of at least 4 members (excludes halogenated alkanes) is 9. The molecule has 0 amide bonds. The van der Waals surface area contributed by atoms with Crippen molar-refractivity contribution >= 4 is 12.4 Å². The summed E-state index contributed by atoms with van der Waals surface area (Å²) in [5, 5.41) is 0. The molecule has 128 valence electrons. The number of hydrogen-bond donors (Lipinski definition) is 0. The van der Waals surface area contributed by atoms with Crippen LogP contribution in [-0.2, 0) is 0 Å². The second-order valence-corrected chi connectivity index (χ2v) is 7.21. The second kappa shape index (κ2) is 15.2. The Morgan fingerprint density at radius 3 is 1.38 bits per heavy atom. The molecule has 1 aliphatic rings.